The number of hydrogen-bond donors (Lipinski definition) is 0. The second-order valence-electron chi connectivity index (χ2n) is 4.61. The van der Waals surface area contributed by atoms with E-state index in [1.54, 1.807) is 0 Å². The Balaban J connectivity index is 1.95. The van der Waals surface area contributed by atoms with Gasteiger partial charge in [-0.1, -0.05) is 13.3 Å². The molecule has 88 valence electrons. The van der Waals surface area contributed by atoms with Gasteiger partial charge in [0.2, 0.25) is 0 Å². The lowest BCUT2D eigenvalue weighted by Gasteiger charge is -2.21. The molecule has 2 nitrogen and oxygen atoms in total. The van der Waals surface area contributed by atoms with E-state index >= 15 is 0 Å². The number of aryl methyl sites for hydroxylation is 1. The topological polar surface area (TPSA) is 13.1 Å². The summed E-state index contributed by atoms with van der Waals surface area (Å²) in [7, 11) is 0. The fraction of sp³-hybridized carbons (Fsp3) is 0.643. The first-order valence-electron chi connectivity index (χ1n) is 6.47. The zero-order valence-electron chi connectivity index (χ0n) is 10.2. The van der Waals surface area contributed by atoms with E-state index < -0.39 is 0 Å². The van der Waals surface area contributed by atoms with Gasteiger partial charge in [0.1, 0.15) is 6.54 Å². The number of rotatable bonds is 4. The monoisotopic (exact) mass is 220 g/mol. The van der Waals surface area contributed by atoms with Crippen molar-refractivity contribution >= 4 is 0 Å². The molecule has 1 fully saturated rings. The zero-order valence-corrected chi connectivity index (χ0v) is 10.2. The second-order valence-corrected chi connectivity index (χ2v) is 4.61. The van der Waals surface area contributed by atoms with Crippen molar-refractivity contribution in [3.8, 4) is 0 Å². The summed E-state index contributed by atoms with van der Waals surface area (Å²) in [6.45, 7) is 5.23. The van der Waals surface area contributed by atoms with Crippen molar-refractivity contribution in [3.63, 3.8) is 0 Å². The van der Waals surface area contributed by atoms with Gasteiger partial charge in [0.15, 0.2) is 12.4 Å². The molecule has 0 radical (unpaired) electrons. The van der Waals surface area contributed by atoms with Crippen LogP contribution in [-0.4, -0.2) is 13.2 Å². The average molecular weight is 220 g/mol. The predicted octanol–water partition coefficient (Wildman–Crippen LogP) is 2.67. The van der Waals surface area contributed by atoms with Crippen molar-refractivity contribution in [2.45, 2.75) is 45.1 Å². The van der Waals surface area contributed by atoms with Gasteiger partial charge in [0, 0.05) is 31.8 Å². The molecular formula is C14H22NO+. The number of pyridine rings is 1. The normalized spacial score (nSPS) is 17.6. The maximum Gasteiger partial charge on any atom is 0.169 e. The van der Waals surface area contributed by atoms with Gasteiger partial charge in [0.25, 0.3) is 0 Å². The van der Waals surface area contributed by atoms with E-state index in [2.05, 4.69) is 36.0 Å². The van der Waals surface area contributed by atoms with E-state index in [1.165, 1.54) is 31.2 Å². The van der Waals surface area contributed by atoms with E-state index in [0.717, 1.165) is 25.7 Å². The molecule has 0 bridgehead atoms. The van der Waals surface area contributed by atoms with Crippen LogP contribution in [0.25, 0.3) is 0 Å². The Morgan fingerprint density at radius 3 is 2.56 bits per heavy atom. The largest absolute Gasteiger partial charge is 0.381 e. The molecule has 2 heteroatoms. The summed E-state index contributed by atoms with van der Waals surface area (Å²) in [4.78, 5) is 0. The molecule has 1 aromatic rings. The van der Waals surface area contributed by atoms with Crippen LogP contribution in [0.1, 0.15) is 44.1 Å². The van der Waals surface area contributed by atoms with Crippen LogP contribution in [0.2, 0.25) is 0 Å². The highest BCUT2D eigenvalue weighted by molar-refractivity contribution is 5.14. The van der Waals surface area contributed by atoms with Crippen LogP contribution in [0.3, 0.4) is 0 Å². The van der Waals surface area contributed by atoms with Crippen molar-refractivity contribution < 1.29 is 9.30 Å². The lowest BCUT2D eigenvalue weighted by Crippen LogP contribution is -2.32. The number of unbranched alkanes of at least 4 members (excludes halogenated alkanes) is 1. The molecule has 0 amide bonds. The van der Waals surface area contributed by atoms with Crippen LogP contribution in [-0.2, 0) is 11.3 Å². The Hall–Kier alpha value is -0.890. The Morgan fingerprint density at radius 2 is 1.94 bits per heavy atom. The molecule has 2 rings (SSSR count). The molecule has 1 aromatic heterocycles. The van der Waals surface area contributed by atoms with Crippen LogP contribution in [0.4, 0.5) is 0 Å². The van der Waals surface area contributed by atoms with Gasteiger partial charge in [-0.3, -0.25) is 0 Å². The van der Waals surface area contributed by atoms with Gasteiger partial charge >= 0.3 is 0 Å². The van der Waals surface area contributed by atoms with E-state index in [9.17, 15) is 0 Å². The number of aromatic nitrogens is 1. The molecule has 0 spiro atoms. The van der Waals surface area contributed by atoms with Crippen molar-refractivity contribution in [2.75, 3.05) is 13.2 Å². The summed E-state index contributed by atoms with van der Waals surface area (Å²) in [6.07, 6.45) is 9.33. The van der Waals surface area contributed by atoms with Crippen LogP contribution in [0.5, 0.6) is 0 Å². The van der Waals surface area contributed by atoms with Gasteiger partial charge in [-0.05, 0) is 24.3 Å². The first-order chi connectivity index (χ1) is 7.90. The molecule has 0 saturated carbocycles. The fourth-order valence-electron chi connectivity index (χ4n) is 2.26. The quantitative estimate of drug-likeness (QED) is 0.711. The standard InChI is InChI=1S/C14H22NO/c1-2-3-8-15-9-4-13(5-10-15)14-6-11-16-12-7-14/h4-5,9-10,14H,2-3,6-8,11-12H2,1H3/q+1. The Labute approximate surface area is 98.3 Å². The number of ether oxygens (including phenoxy) is 1. The summed E-state index contributed by atoms with van der Waals surface area (Å²) in [5, 5.41) is 0. The van der Waals surface area contributed by atoms with Crippen molar-refractivity contribution in [1.82, 2.24) is 0 Å². The van der Waals surface area contributed by atoms with Gasteiger partial charge in [-0.2, -0.15) is 0 Å². The Bertz CT molecular complexity index is 301. The third-order valence-corrected chi connectivity index (χ3v) is 3.38. The van der Waals surface area contributed by atoms with Crippen molar-refractivity contribution in [3.05, 3.63) is 30.1 Å². The average Bonchev–Trinajstić information content (AvgIpc) is 2.38. The maximum absolute atomic E-state index is 5.39. The van der Waals surface area contributed by atoms with Crippen LogP contribution in [0.15, 0.2) is 24.5 Å². The molecule has 2 heterocycles. The van der Waals surface area contributed by atoms with E-state index in [4.69, 9.17) is 4.74 Å². The molecule has 0 aromatic carbocycles. The molecular weight excluding hydrogens is 198 g/mol. The molecule has 1 saturated heterocycles. The molecule has 1 aliphatic heterocycles. The predicted molar refractivity (Wildman–Crippen MR) is 64.3 cm³/mol. The van der Waals surface area contributed by atoms with Crippen LogP contribution >= 0.6 is 0 Å². The summed E-state index contributed by atoms with van der Waals surface area (Å²) in [5.74, 6) is 0.717. The molecule has 0 atom stereocenters. The third-order valence-electron chi connectivity index (χ3n) is 3.38. The van der Waals surface area contributed by atoms with Crippen LogP contribution in [0, 0.1) is 0 Å². The molecule has 0 unspecified atom stereocenters. The van der Waals surface area contributed by atoms with Crippen molar-refractivity contribution in [2.24, 2.45) is 0 Å². The molecule has 0 aliphatic carbocycles. The van der Waals surface area contributed by atoms with E-state index in [0.29, 0.717) is 0 Å². The minimum Gasteiger partial charge on any atom is -0.381 e. The minimum absolute atomic E-state index is 0.717. The second kappa shape index (κ2) is 6.00. The first-order valence-corrected chi connectivity index (χ1v) is 6.47. The Kier molecular flexibility index (Phi) is 4.34. The number of hydrogen-bond acceptors (Lipinski definition) is 1. The minimum atomic E-state index is 0.717. The smallest absolute Gasteiger partial charge is 0.169 e. The Morgan fingerprint density at radius 1 is 1.25 bits per heavy atom. The SMILES string of the molecule is CCCC[n+]1ccc(C2CCOCC2)cc1. The highest BCUT2D eigenvalue weighted by atomic mass is 16.5. The van der Waals surface area contributed by atoms with E-state index in [1.807, 2.05) is 0 Å². The lowest BCUT2D eigenvalue weighted by atomic mass is 9.93. The lowest BCUT2D eigenvalue weighted by molar-refractivity contribution is -0.697. The summed E-state index contributed by atoms with van der Waals surface area (Å²) >= 11 is 0. The highest BCUT2D eigenvalue weighted by Gasteiger charge is 2.16. The summed E-state index contributed by atoms with van der Waals surface area (Å²) in [5.41, 5.74) is 1.48. The molecule has 16 heavy (non-hydrogen) atoms. The van der Waals surface area contributed by atoms with Gasteiger partial charge in [0.05, 0.1) is 0 Å². The fourth-order valence-corrected chi connectivity index (χ4v) is 2.26. The van der Waals surface area contributed by atoms with E-state index in [-0.39, 0.29) is 0 Å². The molecule has 0 N–H and O–H groups in total. The molecule has 1 aliphatic rings. The van der Waals surface area contributed by atoms with Gasteiger partial charge in [-0.25, -0.2) is 4.57 Å². The van der Waals surface area contributed by atoms with Gasteiger partial charge in [-0.15, -0.1) is 0 Å². The summed E-state index contributed by atoms with van der Waals surface area (Å²) < 4.78 is 7.68. The first kappa shape index (κ1) is 11.6. The number of nitrogens with zero attached hydrogens (tertiary/aromatic N) is 1. The highest BCUT2D eigenvalue weighted by Crippen LogP contribution is 2.25. The van der Waals surface area contributed by atoms with Gasteiger partial charge < -0.3 is 4.74 Å². The third kappa shape index (κ3) is 3.05. The summed E-state index contributed by atoms with van der Waals surface area (Å²) in [6, 6.07) is 4.57. The van der Waals surface area contributed by atoms with Crippen LogP contribution < -0.4 is 4.57 Å². The maximum atomic E-state index is 5.39. The van der Waals surface area contributed by atoms with Crippen molar-refractivity contribution in [1.29, 1.82) is 0 Å². The zero-order chi connectivity index (χ0) is 11.2.